The second kappa shape index (κ2) is 7.82. The SMILES string of the molecule is COC(=O)CC[C@@H](C)[C@H]1CCC2[C@H]3C(CC[C@@]21C)[C@@]1(C)CC[C@@H](O)C[C@H]1C[C@H]3O. The number of hydrogen-bond acceptors (Lipinski definition) is 4. The number of methoxy groups -OCH3 is 1. The molecule has 0 aromatic rings. The number of fused-ring (bicyclic) bond motifs is 5. The van der Waals surface area contributed by atoms with E-state index in [2.05, 4.69) is 20.8 Å². The van der Waals surface area contributed by atoms with Crippen molar-refractivity contribution in [2.24, 2.45) is 46.3 Å². The van der Waals surface area contributed by atoms with Gasteiger partial charge in [0.1, 0.15) is 0 Å². The highest BCUT2D eigenvalue weighted by molar-refractivity contribution is 5.69. The Kier molecular flexibility index (Phi) is 5.83. The summed E-state index contributed by atoms with van der Waals surface area (Å²) in [7, 11) is 1.48. The van der Waals surface area contributed by atoms with Crippen LogP contribution >= 0.6 is 0 Å². The summed E-state index contributed by atoms with van der Waals surface area (Å²) in [5, 5.41) is 21.5. The molecule has 0 amide bonds. The van der Waals surface area contributed by atoms with E-state index in [9.17, 15) is 15.0 Å². The zero-order valence-electron chi connectivity index (χ0n) is 18.9. The van der Waals surface area contributed by atoms with Gasteiger partial charge in [-0.1, -0.05) is 20.8 Å². The molecule has 4 rings (SSSR count). The van der Waals surface area contributed by atoms with Crippen molar-refractivity contribution in [1.29, 1.82) is 0 Å². The number of esters is 1. The van der Waals surface area contributed by atoms with Gasteiger partial charge in [0.25, 0.3) is 0 Å². The Morgan fingerprint density at radius 2 is 1.72 bits per heavy atom. The molecule has 4 aliphatic rings. The summed E-state index contributed by atoms with van der Waals surface area (Å²) >= 11 is 0. The second-order valence-corrected chi connectivity index (χ2v) is 11.5. The Bertz CT molecular complexity index is 620. The van der Waals surface area contributed by atoms with Crippen LogP contribution < -0.4 is 0 Å². The normalized spacial score (nSPS) is 50.2. The number of aliphatic hydroxyl groups excluding tert-OH is 2. The number of ether oxygens (including phenoxy) is 1. The van der Waals surface area contributed by atoms with Gasteiger partial charge in [0.15, 0.2) is 0 Å². The van der Waals surface area contributed by atoms with Gasteiger partial charge in [-0.15, -0.1) is 0 Å². The maximum atomic E-state index is 11.6. The Balaban J connectivity index is 1.53. The first-order valence-electron chi connectivity index (χ1n) is 12.1. The quantitative estimate of drug-likeness (QED) is 0.671. The highest BCUT2D eigenvalue weighted by Crippen LogP contribution is 2.68. The third-order valence-electron chi connectivity index (χ3n) is 10.4. The van der Waals surface area contributed by atoms with Gasteiger partial charge < -0.3 is 14.9 Å². The van der Waals surface area contributed by atoms with Crippen molar-refractivity contribution in [3.8, 4) is 0 Å². The van der Waals surface area contributed by atoms with Crippen molar-refractivity contribution in [3.05, 3.63) is 0 Å². The standard InChI is InChI=1S/C25H42O4/c1-15(5-8-22(28)29-4)18-6-7-19-23-20(10-12-25(18,19)3)24(2)11-9-17(26)13-16(24)14-21(23)27/h15-21,23,26-27H,5-14H2,1-4H3/t15-,16+,17-,18-,19?,20?,21-,23+,24+,25-/m1/s1. The Morgan fingerprint density at radius 1 is 1.03 bits per heavy atom. The van der Waals surface area contributed by atoms with Crippen molar-refractivity contribution in [2.45, 2.75) is 97.2 Å². The molecule has 2 N–H and O–H groups in total. The Labute approximate surface area is 176 Å². The zero-order chi connectivity index (χ0) is 21.0. The molecule has 4 fully saturated rings. The molecule has 0 radical (unpaired) electrons. The van der Waals surface area contributed by atoms with E-state index in [0.29, 0.717) is 47.3 Å². The van der Waals surface area contributed by atoms with Gasteiger partial charge in [0.2, 0.25) is 0 Å². The number of aliphatic hydroxyl groups is 2. The summed E-state index contributed by atoms with van der Waals surface area (Å²) < 4.78 is 4.86. The van der Waals surface area contributed by atoms with Gasteiger partial charge in [-0.05, 0) is 104 Å². The van der Waals surface area contributed by atoms with Crippen molar-refractivity contribution in [2.75, 3.05) is 7.11 Å². The van der Waals surface area contributed by atoms with Crippen LogP contribution in [0, 0.1) is 46.3 Å². The molecular formula is C25H42O4. The summed E-state index contributed by atoms with van der Waals surface area (Å²) in [6, 6.07) is 0. The molecule has 4 heteroatoms. The van der Waals surface area contributed by atoms with Gasteiger partial charge in [-0.3, -0.25) is 4.79 Å². The highest BCUT2D eigenvalue weighted by atomic mass is 16.5. The van der Waals surface area contributed by atoms with E-state index in [-0.39, 0.29) is 23.6 Å². The van der Waals surface area contributed by atoms with E-state index in [1.54, 1.807) is 0 Å². The van der Waals surface area contributed by atoms with E-state index >= 15 is 0 Å². The summed E-state index contributed by atoms with van der Waals surface area (Å²) in [5.41, 5.74) is 0.577. The topological polar surface area (TPSA) is 66.8 Å². The third-order valence-corrected chi connectivity index (χ3v) is 10.4. The van der Waals surface area contributed by atoms with Crippen LogP contribution in [0.5, 0.6) is 0 Å². The Morgan fingerprint density at radius 3 is 2.45 bits per heavy atom. The molecule has 0 heterocycles. The van der Waals surface area contributed by atoms with Gasteiger partial charge in [-0.2, -0.15) is 0 Å². The second-order valence-electron chi connectivity index (χ2n) is 11.5. The first kappa shape index (κ1) is 21.6. The molecular weight excluding hydrogens is 364 g/mol. The van der Waals surface area contributed by atoms with Crippen LogP contribution in [0.3, 0.4) is 0 Å². The van der Waals surface area contributed by atoms with E-state index < -0.39 is 0 Å². The van der Waals surface area contributed by atoms with Crippen molar-refractivity contribution >= 4 is 5.97 Å². The molecule has 4 saturated carbocycles. The lowest BCUT2D eigenvalue weighted by molar-refractivity contribution is -0.174. The molecule has 0 saturated heterocycles. The van der Waals surface area contributed by atoms with Crippen LogP contribution in [0.2, 0.25) is 0 Å². The summed E-state index contributed by atoms with van der Waals surface area (Å²) in [5.74, 6) is 3.17. The van der Waals surface area contributed by atoms with Crippen LogP contribution in [0.25, 0.3) is 0 Å². The summed E-state index contributed by atoms with van der Waals surface area (Å²) in [6.45, 7) is 7.29. The van der Waals surface area contributed by atoms with Crippen molar-refractivity contribution in [3.63, 3.8) is 0 Å². The lowest BCUT2D eigenvalue weighted by Crippen LogP contribution is -2.58. The average Bonchev–Trinajstić information content (AvgIpc) is 3.04. The first-order valence-corrected chi connectivity index (χ1v) is 12.1. The molecule has 0 aromatic carbocycles. The van der Waals surface area contributed by atoms with Gasteiger partial charge in [-0.25, -0.2) is 0 Å². The van der Waals surface area contributed by atoms with E-state index in [0.717, 1.165) is 32.1 Å². The Hall–Kier alpha value is -0.610. The summed E-state index contributed by atoms with van der Waals surface area (Å²) in [6.07, 6.45) is 9.80. The minimum Gasteiger partial charge on any atom is -0.469 e. The maximum absolute atomic E-state index is 11.6. The molecule has 2 unspecified atom stereocenters. The maximum Gasteiger partial charge on any atom is 0.305 e. The highest BCUT2D eigenvalue weighted by Gasteiger charge is 2.62. The third kappa shape index (κ3) is 3.46. The lowest BCUT2D eigenvalue weighted by atomic mass is 9.43. The largest absolute Gasteiger partial charge is 0.469 e. The van der Waals surface area contributed by atoms with Gasteiger partial charge >= 0.3 is 5.97 Å². The van der Waals surface area contributed by atoms with Gasteiger partial charge in [0.05, 0.1) is 19.3 Å². The zero-order valence-corrected chi connectivity index (χ0v) is 18.9. The molecule has 0 spiro atoms. The van der Waals surface area contributed by atoms with Crippen LogP contribution in [-0.2, 0) is 9.53 Å². The number of carbonyl (C=O) groups is 1. The summed E-state index contributed by atoms with van der Waals surface area (Å²) in [4.78, 5) is 11.6. The van der Waals surface area contributed by atoms with Crippen LogP contribution in [-0.4, -0.2) is 35.5 Å². The monoisotopic (exact) mass is 406 g/mol. The molecule has 4 nitrogen and oxygen atoms in total. The molecule has 0 bridgehead atoms. The fourth-order valence-corrected chi connectivity index (χ4v) is 8.82. The smallest absolute Gasteiger partial charge is 0.305 e. The van der Waals surface area contributed by atoms with Crippen LogP contribution in [0.15, 0.2) is 0 Å². The van der Waals surface area contributed by atoms with Crippen molar-refractivity contribution in [1.82, 2.24) is 0 Å². The lowest BCUT2D eigenvalue weighted by Gasteiger charge is -2.62. The van der Waals surface area contributed by atoms with Crippen LogP contribution in [0.4, 0.5) is 0 Å². The fraction of sp³-hybridized carbons (Fsp3) is 0.960. The van der Waals surface area contributed by atoms with E-state index in [4.69, 9.17) is 4.74 Å². The number of rotatable bonds is 4. The van der Waals surface area contributed by atoms with Crippen molar-refractivity contribution < 1.29 is 19.7 Å². The predicted molar refractivity (Wildman–Crippen MR) is 113 cm³/mol. The average molecular weight is 407 g/mol. The fourth-order valence-electron chi connectivity index (χ4n) is 8.82. The molecule has 10 atom stereocenters. The van der Waals surface area contributed by atoms with Crippen LogP contribution in [0.1, 0.15) is 85.0 Å². The molecule has 0 aliphatic heterocycles. The minimum absolute atomic E-state index is 0.0959. The molecule has 29 heavy (non-hydrogen) atoms. The van der Waals surface area contributed by atoms with E-state index in [1.807, 2.05) is 0 Å². The first-order chi connectivity index (χ1) is 13.7. The number of hydrogen-bond donors (Lipinski definition) is 2. The molecule has 166 valence electrons. The molecule has 0 aromatic heterocycles. The van der Waals surface area contributed by atoms with Gasteiger partial charge in [0, 0.05) is 6.42 Å². The molecule has 4 aliphatic carbocycles. The number of carbonyl (C=O) groups excluding carboxylic acids is 1. The van der Waals surface area contributed by atoms with E-state index in [1.165, 1.54) is 32.8 Å². The minimum atomic E-state index is -0.211. The predicted octanol–water partition coefficient (Wildman–Crippen LogP) is 4.57.